The minimum Gasteiger partial charge on any atom is -0.447 e. The van der Waals surface area contributed by atoms with Crippen LogP contribution < -0.4 is 0 Å². The summed E-state index contributed by atoms with van der Waals surface area (Å²) in [5.74, 6) is 0.0114. The molecule has 0 aromatic heterocycles. The van der Waals surface area contributed by atoms with Crippen LogP contribution in [0.5, 0.6) is 0 Å². The molecule has 0 heterocycles. The van der Waals surface area contributed by atoms with Crippen LogP contribution in [0.25, 0.3) is 0 Å². The summed E-state index contributed by atoms with van der Waals surface area (Å²) in [4.78, 5) is 23.3. The van der Waals surface area contributed by atoms with Crippen molar-refractivity contribution in [1.29, 1.82) is 0 Å². The maximum absolute atomic E-state index is 11.8. The van der Waals surface area contributed by atoms with E-state index in [2.05, 4.69) is 6.08 Å². The van der Waals surface area contributed by atoms with E-state index in [0.29, 0.717) is 12.3 Å². The van der Waals surface area contributed by atoms with Crippen molar-refractivity contribution in [2.24, 2.45) is 11.8 Å². The highest BCUT2D eigenvalue weighted by molar-refractivity contribution is 5.91. The van der Waals surface area contributed by atoms with Crippen LogP contribution in [0, 0.1) is 11.8 Å². The molecule has 1 fully saturated rings. The number of esters is 1. The Kier molecular flexibility index (Phi) is 2.70. The van der Waals surface area contributed by atoms with Gasteiger partial charge in [0.05, 0.1) is 0 Å². The first-order chi connectivity index (χ1) is 7.58. The Balaban J connectivity index is 2.21. The van der Waals surface area contributed by atoms with Gasteiger partial charge in [-0.25, -0.2) is 4.79 Å². The van der Waals surface area contributed by atoms with Crippen LogP contribution in [0.3, 0.4) is 0 Å². The van der Waals surface area contributed by atoms with Crippen molar-refractivity contribution in [3.8, 4) is 0 Å². The standard InChI is InChI=1S/C13H16O3/c1-3-4-12(15)16-13(9(2)14)8-10-5-6-11(13)7-10/h3-6,10-11H,7-8H2,1-2H3/b4-3+/t10-,11+,13+/m1/s1. The van der Waals surface area contributed by atoms with Crippen molar-refractivity contribution in [3.63, 3.8) is 0 Å². The first kappa shape index (κ1) is 11.1. The van der Waals surface area contributed by atoms with Crippen LogP contribution in [0.1, 0.15) is 26.7 Å². The van der Waals surface area contributed by atoms with E-state index in [4.69, 9.17) is 4.74 Å². The van der Waals surface area contributed by atoms with E-state index in [9.17, 15) is 9.59 Å². The molecule has 3 atom stereocenters. The van der Waals surface area contributed by atoms with Gasteiger partial charge in [-0.05, 0) is 26.2 Å². The first-order valence-electron chi connectivity index (χ1n) is 5.63. The van der Waals surface area contributed by atoms with Crippen LogP contribution >= 0.6 is 0 Å². The third-order valence-electron chi connectivity index (χ3n) is 3.52. The zero-order valence-corrected chi connectivity index (χ0v) is 9.60. The Bertz CT molecular complexity index is 381. The van der Waals surface area contributed by atoms with Gasteiger partial charge in [0.1, 0.15) is 0 Å². The summed E-state index contributed by atoms with van der Waals surface area (Å²) in [5, 5.41) is 0. The molecule has 86 valence electrons. The number of ether oxygens (including phenoxy) is 1. The zero-order valence-electron chi connectivity index (χ0n) is 9.60. The lowest BCUT2D eigenvalue weighted by molar-refractivity contribution is -0.165. The monoisotopic (exact) mass is 220 g/mol. The molecule has 2 aliphatic carbocycles. The molecule has 0 aromatic rings. The molecule has 2 bridgehead atoms. The van der Waals surface area contributed by atoms with Crippen LogP contribution in [0.4, 0.5) is 0 Å². The Morgan fingerprint density at radius 1 is 1.44 bits per heavy atom. The van der Waals surface area contributed by atoms with Gasteiger partial charge in [0.15, 0.2) is 11.4 Å². The third kappa shape index (κ3) is 1.60. The molecule has 2 rings (SSSR count). The molecule has 1 saturated carbocycles. The second-order valence-corrected chi connectivity index (χ2v) is 4.56. The number of ketones is 1. The molecule has 2 aliphatic rings. The molecule has 16 heavy (non-hydrogen) atoms. The summed E-state index contributed by atoms with van der Waals surface area (Å²) in [7, 11) is 0. The van der Waals surface area contributed by atoms with Gasteiger partial charge in [-0.15, -0.1) is 0 Å². The fourth-order valence-electron chi connectivity index (χ4n) is 2.76. The van der Waals surface area contributed by atoms with Crippen LogP contribution in [-0.4, -0.2) is 17.4 Å². The number of Topliss-reactive ketones (excluding diaryl/α,β-unsaturated/α-hetero) is 1. The molecular weight excluding hydrogens is 204 g/mol. The maximum Gasteiger partial charge on any atom is 0.331 e. The average Bonchev–Trinajstić information content (AvgIpc) is 2.77. The largest absolute Gasteiger partial charge is 0.447 e. The van der Waals surface area contributed by atoms with E-state index in [1.165, 1.54) is 13.0 Å². The molecule has 0 N–H and O–H groups in total. The Morgan fingerprint density at radius 3 is 2.62 bits per heavy atom. The van der Waals surface area contributed by atoms with E-state index in [1.807, 2.05) is 6.08 Å². The number of hydrogen-bond donors (Lipinski definition) is 0. The molecule has 0 amide bonds. The van der Waals surface area contributed by atoms with E-state index in [0.717, 1.165) is 6.42 Å². The van der Waals surface area contributed by atoms with Crippen LogP contribution in [0.15, 0.2) is 24.3 Å². The molecule has 3 heteroatoms. The summed E-state index contributed by atoms with van der Waals surface area (Å²) in [5.41, 5.74) is -0.893. The van der Waals surface area contributed by atoms with E-state index in [-0.39, 0.29) is 11.7 Å². The molecule has 0 aromatic carbocycles. The van der Waals surface area contributed by atoms with Gasteiger partial charge in [0.25, 0.3) is 0 Å². The Hall–Kier alpha value is -1.38. The second kappa shape index (κ2) is 3.89. The number of carbonyl (C=O) groups is 2. The van der Waals surface area contributed by atoms with Crippen molar-refractivity contribution in [1.82, 2.24) is 0 Å². The van der Waals surface area contributed by atoms with Crippen molar-refractivity contribution in [3.05, 3.63) is 24.3 Å². The van der Waals surface area contributed by atoms with Gasteiger partial charge in [-0.3, -0.25) is 4.79 Å². The van der Waals surface area contributed by atoms with Crippen molar-refractivity contribution >= 4 is 11.8 Å². The average molecular weight is 220 g/mol. The zero-order chi connectivity index (χ0) is 11.8. The number of rotatable bonds is 3. The Morgan fingerprint density at radius 2 is 2.19 bits per heavy atom. The smallest absolute Gasteiger partial charge is 0.331 e. The summed E-state index contributed by atoms with van der Waals surface area (Å²) in [6.07, 6.45) is 8.70. The van der Waals surface area contributed by atoms with Gasteiger partial charge in [-0.1, -0.05) is 18.2 Å². The van der Waals surface area contributed by atoms with Crippen LogP contribution in [-0.2, 0) is 14.3 Å². The predicted octanol–water partition coefficient (Wildman–Crippen LogP) is 2.03. The maximum atomic E-state index is 11.8. The fourth-order valence-corrected chi connectivity index (χ4v) is 2.76. The first-order valence-corrected chi connectivity index (χ1v) is 5.63. The lowest BCUT2D eigenvalue weighted by Gasteiger charge is -2.32. The number of fused-ring (bicyclic) bond motifs is 2. The second-order valence-electron chi connectivity index (χ2n) is 4.56. The van der Waals surface area contributed by atoms with Crippen molar-refractivity contribution < 1.29 is 14.3 Å². The summed E-state index contributed by atoms with van der Waals surface area (Å²) < 4.78 is 5.41. The predicted molar refractivity (Wildman–Crippen MR) is 59.7 cm³/mol. The van der Waals surface area contributed by atoms with Gasteiger partial charge in [0, 0.05) is 18.4 Å². The van der Waals surface area contributed by atoms with Gasteiger partial charge >= 0.3 is 5.97 Å². The SMILES string of the molecule is C/C=C/C(=O)O[C@]1(C(C)=O)C[C@@H]2C=C[C@H]1C2. The highest BCUT2D eigenvalue weighted by atomic mass is 16.6. The molecular formula is C13H16O3. The topological polar surface area (TPSA) is 43.4 Å². The molecule has 3 nitrogen and oxygen atoms in total. The molecule has 0 radical (unpaired) electrons. The van der Waals surface area contributed by atoms with E-state index < -0.39 is 11.6 Å². The van der Waals surface area contributed by atoms with Gasteiger partial charge < -0.3 is 4.74 Å². The third-order valence-corrected chi connectivity index (χ3v) is 3.52. The summed E-state index contributed by atoms with van der Waals surface area (Å²) in [6, 6.07) is 0. The normalized spacial score (nSPS) is 35.9. The van der Waals surface area contributed by atoms with Crippen molar-refractivity contribution in [2.45, 2.75) is 32.3 Å². The highest BCUT2D eigenvalue weighted by Gasteiger charge is 2.54. The van der Waals surface area contributed by atoms with Crippen LogP contribution in [0.2, 0.25) is 0 Å². The Labute approximate surface area is 95.2 Å². The lowest BCUT2D eigenvalue weighted by Crippen LogP contribution is -2.45. The van der Waals surface area contributed by atoms with Gasteiger partial charge in [0.2, 0.25) is 0 Å². The van der Waals surface area contributed by atoms with E-state index in [1.54, 1.807) is 13.0 Å². The summed E-state index contributed by atoms with van der Waals surface area (Å²) >= 11 is 0. The highest BCUT2D eigenvalue weighted by Crippen LogP contribution is 2.49. The number of carbonyl (C=O) groups excluding carboxylic acids is 2. The number of hydrogen-bond acceptors (Lipinski definition) is 3. The van der Waals surface area contributed by atoms with Gasteiger partial charge in [-0.2, -0.15) is 0 Å². The minimum atomic E-state index is -0.893. The lowest BCUT2D eigenvalue weighted by atomic mass is 9.84. The quantitative estimate of drug-likeness (QED) is 0.415. The minimum absolute atomic E-state index is 0.0396. The van der Waals surface area contributed by atoms with Crippen molar-refractivity contribution in [2.75, 3.05) is 0 Å². The molecule has 0 saturated heterocycles. The molecule has 0 spiro atoms. The summed E-state index contributed by atoms with van der Waals surface area (Å²) in [6.45, 7) is 3.26. The number of allylic oxidation sites excluding steroid dienone is 2. The fraction of sp³-hybridized carbons (Fsp3) is 0.538. The molecule has 0 unspecified atom stereocenters. The molecule has 0 aliphatic heterocycles. The van der Waals surface area contributed by atoms with E-state index >= 15 is 0 Å².